The average molecular weight is 456 g/mol. The third-order valence-electron chi connectivity index (χ3n) is 5.66. The van der Waals surface area contributed by atoms with Crippen LogP contribution >= 0.6 is 0 Å². The second-order valence-corrected chi connectivity index (χ2v) is 9.72. The number of piperidine rings is 1. The highest BCUT2D eigenvalue weighted by molar-refractivity contribution is 6.10. The molecule has 0 radical (unpaired) electrons. The SMILES string of the molecule is CC(C)(C)OC(=O)N1CC(F)(CN2CCC(N/C=C3/C=C(N)C(C(F)F)=CC3=N)CC2)C1. The number of amides is 1. The van der Waals surface area contributed by atoms with E-state index in [0.29, 0.717) is 18.7 Å². The zero-order chi connectivity index (χ0) is 23.7. The minimum absolute atomic E-state index is 0.0154. The van der Waals surface area contributed by atoms with Gasteiger partial charge in [-0.1, -0.05) is 0 Å². The van der Waals surface area contributed by atoms with Gasteiger partial charge >= 0.3 is 6.09 Å². The minimum Gasteiger partial charge on any atom is -0.444 e. The van der Waals surface area contributed by atoms with Crippen LogP contribution in [0.2, 0.25) is 0 Å². The van der Waals surface area contributed by atoms with Gasteiger partial charge in [0.1, 0.15) is 5.60 Å². The van der Waals surface area contributed by atoms with Gasteiger partial charge in [-0.25, -0.2) is 18.0 Å². The molecule has 0 spiro atoms. The van der Waals surface area contributed by atoms with Crippen molar-refractivity contribution in [2.75, 3.05) is 32.7 Å². The monoisotopic (exact) mass is 455 g/mol. The van der Waals surface area contributed by atoms with Crippen LogP contribution in [0.25, 0.3) is 0 Å². The van der Waals surface area contributed by atoms with Crippen LogP contribution in [-0.4, -0.2) is 78.1 Å². The summed E-state index contributed by atoms with van der Waals surface area (Å²) in [5.74, 6) is 0. The summed E-state index contributed by atoms with van der Waals surface area (Å²) in [5.41, 5.74) is 3.71. The van der Waals surface area contributed by atoms with Gasteiger partial charge in [0.2, 0.25) is 0 Å². The van der Waals surface area contributed by atoms with Gasteiger partial charge in [0.25, 0.3) is 6.43 Å². The Bertz CT molecular complexity index is 833. The van der Waals surface area contributed by atoms with Gasteiger partial charge in [0, 0.05) is 48.7 Å². The van der Waals surface area contributed by atoms with Crippen molar-refractivity contribution in [3.8, 4) is 0 Å². The third-order valence-corrected chi connectivity index (χ3v) is 5.66. The lowest BCUT2D eigenvalue weighted by atomic mass is 9.94. The molecule has 1 amide bonds. The fourth-order valence-electron chi connectivity index (χ4n) is 4.02. The largest absolute Gasteiger partial charge is 0.444 e. The van der Waals surface area contributed by atoms with Crippen molar-refractivity contribution in [1.29, 1.82) is 5.41 Å². The molecular formula is C22H32F3N5O2. The molecule has 178 valence electrons. The number of likely N-dealkylation sites (tertiary alicyclic amines) is 2. The highest BCUT2D eigenvalue weighted by atomic mass is 19.3. The number of halogens is 3. The lowest BCUT2D eigenvalue weighted by molar-refractivity contribution is -0.0662. The van der Waals surface area contributed by atoms with E-state index >= 15 is 0 Å². The summed E-state index contributed by atoms with van der Waals surface area (Å²) in [5, 5.41) is 11.2. The number of allylic oxidation sites excluding steroid dienone is 4. The number of nitrogens with one attached hydrogen (secondary N) is 2. The molecule has 0 bridgehead atoms. The summed E-state index contributed by atoms with van der Waals surface area (Å²) in [6.45, 7) is 7.08. The molecule has 1 aliphatic carbocycles. The number of nitrogens with two attached hydrogens (primary N) is 1. The normalized spacial score (nSPS) is 23.7. The van der Waals surface area contributed by atoms with E-state index in [0.717, 1.165) is 18.9 Å². The van der Waals surface area contributed by atoms with Crippen molar-refractivity contribution in [3.05, 3.63) is 35.2 Å². The Morgan fingerprint density at radius 2 is 1.97 bits per heavy atom. The predicted molar refractivity (Wildman–Crippen MR) is 116 cm³/mol. The van der Waals surface area contributed by atoms with E-state index in [-0.39, 0.29) is 42.7 Å². The van der Waals surface area contributed by atoms with Crippen LogP contribution in [0.5, 0.6) is 0 Å². The van der Waals surface area contributed by atoms with E-state index in [2.05, 4.69) is 10.2 Å². The van der Waals surface area contributed by atoms with Crippen LogP contribution < -0.4 is 11.1 Å². The number of ether oxygens (including phenoxy) is 1. The molecule has 2 fully saturated rings. The Kier molecular flexibility index (Phi) is 6.92. The van der Waals surface area contributed by atoms with Crippen molar-refractivity contribution in [2.45, 2.75) is 57.3 Å². The molecule has 0 atom stereocenters. The van der Waals surface area contributed by atoms with Crippen molar-refractivity contribution < 1.29 is 22.7 Å². The Morgan fingerprint density at radius 3 is 2.53 bits per heavy atom. The Morgan fingerprint density at radius 1 is 1.34 bits per heavy atom. The summed E-state index contributed by atoms with van der Waals surface area (Å²) in [6.07, 6.45) is 2.47. The fraction of sp³-hybridized carbons (Fsp3) is 0.636. The predicted octanol–water partition coefficient (Wildman–Crippen LogP) is 2.95. The van der Waals surface area contributed by atoms with Crippen LogP contribution in [0.3, 0.4) is 0 Å². The van der Waals surface area contributed by atoms with Crippen molar-refractivity contribution >= 4 is 11.8 Å². The van der Waals surface area contributed by atoms with Gasteiger partial charge in [-0.2, -0.15) is 0 Å². The molecule has 0 aromatic carbocycles. The van der Waals surface area contributed by atoms with E-state index in [1.807, 2.05) is 0 Å². The highest BCUT2D eigenvalue weighted by Gasteiger charge is 2.48. The molecule has 3 aliphatic rings. The molecule has 0 aromatic heterocycles. The number of carbonyl (C=O) groups excluding carboxylic acids is 1. The fourth-order valence-corrected chi connectivity index (χ4v) is 4.02. The van der Waals surface area contributed by atoms with Gasteiger partial charge in [-0.15, -0.1) is 0 Å². The molecule has 7 nitrogen and oxygen atoms in total. The van der Waals surface area contributed by atoms with Crippen LogP contribution in [0, 0.1) is 5.41 Å². The van der Waals surface area contributed by atoms with Gasteiger partial charge in [0.05, 0.1) is 18.8 Å². The molecule has 0 aromatic rings. The maximum Gasteiger partial charge on any atom is 0.410 e. The zero-order valence-corrected chi connectivity index (χ0v) is 18.8. The maximum atomic E-state index is 15.0. The number of hydrogen-bond acceptors (Lipinski definition) is 6. The summed E-state index contributed by atoms with van der Waals surface area (Å²) < 4.78 is 46.0. The Labute approximate surface area is 186 Å². The summed E-state index contributed by atoms with van der Waals surface area (Å²) in [4.78, 5) is 15.4. The Balaban J connectivity index is 1.42. The average Bonchev–Trinajstić information content (AvgIpc) is 2.66. The van der Waals surface area contributed by atoms with Crippen molar-refractivity contribution in [1.82, 2.24) is 15.1 Å². The first kappa shape index (κ1) is 24.2. The van der Waals surface area contributed by atoms with Gasteiger partial charge in [-0.05, 0) is 45.8 Å². The first-order chi connectivity index (χ1) is 14.8. The smallest absolute Gasteiger partial charge is 0.410 e. The second-order valence-electron chi connectivity index (χ2n) is 9.72. The lowest BCUT2D eigenvalue weighted by Gasteiger charge is -2.47. The second kappa shape index (κ2) is 9.17. The van der Waals surface area contributed by atoms with E-state index in [1.54, 1.807) is 27.0 Å². The van der Waals surface area contributed by atoms with Crippen LogP contribution in [0.1, 0.15) is 33.6 Å². The summed E-state index contributed by atoms with van der Waals surface area (Å²) in [6, 6.07) is 0.136. The van der Waals surface area contributed by atoms with Crippen LogP contribution in [-0.2, 0) is 4.74 Å². The molecule has 4 N–H and O–H groups in total. The first-order valence-electron chi connectivity index (χ1n) is 10.8. The number of hydrogen-bond donors (Lipinski definition) is 3. The molecule has 2 heterocycles. The molecule has 3 rings (SSSR count). The molecule has 10 heteroatoms. The topological polar surface area (TPSA) is 94.7 Å². The number of alkyl halides is 3. The summed E-state index contributed by atoms with van der Waals surface area (Å²) in [7, 11) is 0. The lowest BCUT2D eigenvalue weighted by Crippen LogP contribution is -2.66. The zero-order valence-electron chi connectivity index (χ0n) is 18.8. The molecule has 2 aliphatic heterocycles. The van der Waals surface area contributed by atoms with E-state index in [9.17, 15) is 18.0 Å². The van der Waals surface area contributed by atoms with E-state index in [1.165, 1.54) is 11.0 Å². The summed E-state index contributed by atoms with van der Waals surface area (Å²) >= 11 is 0. The third kappa shape index (κ3) is 6.05. The molecule has 32 heavy (non-hydrogen) atoms. The number of carbonyl (C=O) groups is 1. The molecular weight excluding hydrogens is 423 g/mol. The molecule has 0 saturated carbocycles. The van der Waals surface area contributed by atoms with Crippen LogP contribution in [0.15, 0.2) is 35.2 Å². The van der Waals surface area contributed by atoms with Gasteiger partial charge < -0.3 is 26.1 Å². The number of rotatable bonds is 5. The van der Waals surface area contributed by atoms with E-state index in [4.69, 9.17) is 15.9 Å². The number of nitrogens with zero attached hydrogens (tertiary/aromatic N) is 2. The quantitative estimate of drug-likeness (QED) is 0.593. The van der Waals surface area contributed by atoms with Gasteiger partial charge in [0.15, 0.2) is 5.67 Å². The van der Waals surface area contributed by atoms with Crippen molar-refractivity contribution in [2.24, 2.45) is 5.73 Å². The highest BCUT2D eigenvalue weighted by Crippen LogP contribution is 2.29. The van der Waals surface area contributed by atoms with E-state index < -0.39 is 23.8 Å². The van der Waals surface area contributed by atoms with Gasteiger partial charge in [-0.3, -0.25) is 4.90 Å². The van der Waals surface area contributed by atoms with Crippen LogP contribution in [0.4, 0.5) is 18.0 Å². The molecule has 2 saturated heterocycles. The standard InChI is InChI=1S/C22H32F3N5O2/c1-21(2,3)32-20(31)30-12-22(25,13-30)11-29-6-4-15(5-7-29)28-10-14-8-18(27)16(19(23)24)9-17(14)26/h8-10,15,19,26,28H,4-7,11-13,27H2,1-3H3/b14-10-,26-17?. The minimum atomic E-state index is -2.71. The molecule has 0 unspecified atom stereocenters. The Hall–Kier alpha value is -2.49. The maximum absolute atomic E-state index is 15.0. The first-order valence-corrected chi connectivity index (χ1v) is 10.8. The van der Waals surface area contributed by atoms with Crippen molar-refractivity contribution in [3.63, 3.8) is 0 Å².